The number of hydrogen-bond acceptors (Lipinski definition) is 6. The maximum Gasteiger partial charge on any atom is 0.266 e. The number of nitrogens with one attached hydrogen (secondary N) is 1. The van der Waals surface area contributed by atoms with Gasteiger partial charge in [0.1, 0.15) is 10.6 Å². The second-order valence-corrected chi connectivity index (χ2v) is 8.11. The molecule has 0 radical (unpaired) electrons. The van der Waals surface area contributed by atoms with Gasteiger partial charge in [0, 0.05) is 13.1 Å². The summed E-state index contributed by atoms with van der Waals surface area (Å²) in [4.78, 5) is 2.22. The molecule has 0 spiro atoms. The molecule has 1 N–H and O–H groups in total. The van der Waals surface area contributed by atoms with Crippen molar-refractivity contribution in [1.29, 1.82) is 0 Å². The fourth-order valence-corrected chi connectivity index (χ4v) is 3.99. The molecule has 0 bridgehead atoms. The lowest BCUT2D eigenvalue weighted by Gasteiger charge is -2.22. The summed E-state index contributed by atoms with van der Waals surface area (Å²) in [6.45, 7) is 9.74. The molecule has 0 unspecified atom stereocenters. The first-order valence-electron chi connectivity index (χ1n) is 9.09. The fourth-order valence-electron chi connectivity index (χ4n) is 2.75. The van der Waals surface area contributed by atoms with E-state index in [1.54, 1.807) is 24.3 Å². The third kappa shape index (κ3) is 5.09. The average Bonchev–Trinajstić information content (AvgIpc) is 2.63. The van der Waals surface area contributed by atoms with E-state index in [1.165, 1.54) is 7.11 Å². The van der Waals surface area contributed by atoms with E-state index in [9.17, 15) is 8.42 Å². The Labute approximate surface area is 161 Å². The van der Waals surface area contributed by atoms with Crippen LogP contribution in [0.1, 0.15) is 37.8 Å². The Balaban J connectivity index is 2.27. The first-order chi connectivity index (χ1) is 12.8. The van der Waals surface area contributed by atoms with Crippen molar-refractivity contribution in [1.82, 2.24) is 10.2 Å². The van der Waals surface area contributed by atoms with Crippen LogP contribution in [-0.4, -0.2) is 38.8 Å². The summed E-state index contributed by atoms with van der Waals surface area (Å²) in [6.07, 6.45) is 2.01. The van der Waals surface area contributed by atoms with Crippen molar-refractivity contribution in [2.45, 2.75) is 45.4 Å². The zero-order valence-corrected chi connectivity index (χ0v) is 17.4. The number of aromatic nitrogens is 2. The number of anilines is 2. The third-order valence-electron chi connectivity index (χ3n) is 4.27. The number of nitrogens with zero attached hydrogens (tertiary/aromatic N) is 3. The fraction of sp³-hybridized carbons (Fsp3) is 0.474. The number of ether oxygens (including phenoxy) is 1. The zero-order chi connectivity index (χ0) is 20.0. The maximum atomic E-state index is 12.8. The Morgan fingerprint density at radius 3 is 2.19 bits per heavy atom. The van der Waals surface area contributed by atoms with Gasteiger partial charge in [-0.15, -0.1) is 10.2 Å². The molecule has 0 amide bonds. The number of sulfonamides is 1. The number of hydrogen-bond donors (Lipinski definition) is 1. The molecule has 0 aliphatic heterocycles. The molecule has 0 fully saturated rings. The second kappa shape index (κ2) is 9.03. The number of aryl methyl sites for hydroxylation is 2. The van der Waals surface area contributed by atoms with Crippen LogP contribution in [0.2, 0.25) is 0 Å². The summed E-state index contributed by atoms with van der Waals surface area (Å²) in [5.74, 6) is 1.21. The molecule has 7 nitrogen and oxygen atoms in total. The van der Waals surface area contributed by atoms with Gasteiger partial charge in [0.05, 0.1) is 7.11 Å². The highest BCUT2D eigenvalue weighted by Crippen LogP contribution is 2.28. The van der Waals surface area contributed by atoms with Crippen molar-refractivity contribution >= 4 is 21.7 Å². The average molecular weight is 393 g/mol. The molecular formula is C19H28N4O3S. The molecular weight excluding hydrogens is 364 g/mol. The van der Waals surface area contributed by atoms with Crippen LogP contribution in [0.25, 0.3) is 0 Å². The standard InChI is InChI=1S/C19H28N4O3S/c1-6-10-23(11-7-2)19-9-8-18(20-21-19)22-27(24,25)17-13-15(4)14(3)12-16(17)26-5/h8-9,12-13H,6-7,10-11H2,1-5H3,(H,20,22). The Kier molecular flexibility index (Phi) is 7.01. The van der Waals surface area contributed by atoms with Gasteiger partial charge in [-0.1, -0.05) is 13.8 Å². The van der Waals surface area contributed by atoms with Gasteiger partial charge in [-0.3, -0.25) is 4.72 Å². The SMILES string of the molecule is CCCN(CCC)c1ccc(NS(=O)(=O)c2cc(C)c(C)cc2OC)nn1. The van der Waals surface area contributed by atoms with Crippen LogP contribution in [0.15, 0.2) is 29.2 Å². The molecule has 1 heterocycles. The summed E-state index contributed by atoms with van der Waals surface area (Å²) in [5.41, 5.74) is 1.83. The summed E-state index contributed by atoms with van der Waals surface area (Å²) in [6, 6.07) is 6.73. The van der Waals surface area contributed by atoms with Gasteiger partial charge in [0.2, 0.25) is 0 Å². The van der Waals surface area contributed by atoms with Crippen LogP contribution in [0.3, 0.4) is 0 Å². The van der Waals surface area contributed by atoms with Gasteiger partial charge in [0.15, 0.2) is 11.6 Å². The van der Waals surface area contributed by atoms with Gasteiger partial charge in [-0.05, 0) is 62.1 Å². The zero-order valence-electron chi connectivity index (χ0n) is 16.6. The quantitative estimate of drug-likeness (QED) is 0.703. The molecule has 0 saturated carbocycles. The largest absolute Gasteiger partial charge is 0.495 e. The van der Waals surface area contributed by atoms with E-state index in [4.69, 9.17) is 4.74 Å². The van der Waals surface area contributed by atoms with Gasteiger partial charge in [-0.25, -0.2) is 8.42 Å². The summed E-state index contributed by atoms with van der Waals surface area (Å²) >= 11 is 0. The summed E-state index contributed by atoms with van der Waals surface area (Å²) in [5, 5.41) is 8.23. The molecule has 0 aliphatic carbocycles. The van der Waals surface area contributed by atoms with Crippen molar-refractivity contribution in [2.24, 2.45) is 0 Å². The molecule has 8 heteroatoms. The molecule has 0 atom stereocenters. The maximum absolute atomic E-state index is 12.8. The highest BCUT2D eigenvalue weighted by atomic mass is 32.2. The van der Waals surface area contributed by atoms with Gasteiger partial charge >= 0.3 is 0 Å². The topological polar surface area (TPSA) is 84.4 Å². The molecule has 1 aromatic carbocycles. The second-order valence-electron chi connectivity index (χ2n) is 6.46. The van der Waals surface area contributed by atoms with Crippen molar-refractivity contribution in [3.8, 4) is 5.75 Å². The van der Waals surface area contributed by atoms with Crippen molar-refractivity contribution in [3.63, 3.8) is 0 Å². The minimum absolute atomic E-state index is 0.0811. The van der Waals surface area contributed by atoms with E-state index in [-0.39, 0.29) is 10.7 Å². The van der Waals surface area contributed by atoms with Crippen LogP contribution in [0.4, 0.5) is 11.6 Å². The smallest absolute Gasteiger partial charge is 0.266 e. The lowest BCUT2D eigenvalue weighted by molar-refractivity contribution is 0.402. The van der Waals surface area contributed by atoms with Crippen molar-refractivity contribution in [2.75, 3.05) is 29.8 Å². The van der Waals surface area contributed by atoms with Crippen LogP contribution in [-0.2, 0) is 10.0 Å². The minimum atomic E-state index is -3.84. The molecule has 0 saturated heterocycles. The van der Waals surface area contributed by atoms with Gasteiger partial charge in [0.25, 0.3) is 10.0 Å². The monoisotopic (exact) mass is 392 g/mol. The number of benzene rings is 1. The Morgan fingerprint density at radius 2 is 1.67 bits per heavy atom. The molecule has 2 rings (SSSR count). The van der Waals surface area contributed by atoms with E-state index >= 15 is 0 Å². The van der Waals surface area contributed by atoms with Gasteiger partial charge < -0.3 is 9.64 Å². The van der Waals surface area contributed by atoms with Gasteiger partial charge in [-0.2, -0.15) is 0 Å². The van der Waals surface area contributed by atoms with Crippen LogP contribution in [0.5, 0.6) is 5.75 Å². The highest BCUT2D eigenvalue weighted by Gasteiger charge is 2.21. The van der Waals surface area contributed by atoms with Crippen LogP contribution in [0, 0.1) is 13.8 Å². The van der Waals surface area contributed by atoms with E-state index < -0.39 is 10.0 Å². The first-order valence-corrected chi connectivity index (χ1v) is 10.6. The number of methoxy groups -OCH3 is 1. The van der Waals surface area contributed by atoms with Crippen molar-refractivity contribution in [3.05, 3.63) is 35.4 Å². The first kappa shape index (κ1) is 21.0. The highest BCUT2D eigenvalue weighted by molar-refractivity contribution is 7.92. The normalized spacial score (nSPS) is 11.3. The molecule has 27 heavy (non-hydrogen) atoms. The van der Waals surface area contributed by atoms with Crippen LogP contribution < -0.4 is 14.4 Å². The van der Waals surface area contributed by atoms with Crippen LogP contribution >= 0.6 is 0 Å². The summed E-state index contributed by atoms with van der Waals surface area (Å²) in [7, 11) is -2.39. The van der Waals surface area contributed by atoms with E-state index in [0.717, 1.165) is 42.9 Å². The molecule has 0 aliphatic rings. The Morgan fingerprint density at radius 1 is 1.04 bits per heavy atom. The Hall–Kier alpha value is -2.35. The minimum Gasteiger partial charge on any atom is -0.495 e. The molecule has 148 valence electrons. The van der Waals surface area contributed by atoms with E-state index in [0.29, 0.717) is 5.75 Å². The van der Waals surface area contributed by atoms with E-state index in [1.807, 2.05) is 13.8 Å². The number of rotatable bonds is 9. The predicted octanol–water partition coefficient (Wildman–Crippen LogP) is 3.53. The Bertz CT molecular complexity index is 861. The van der Waals surface area contributed by atoms with Crippen molar-refractivity contribution < 1.29 is 13.2 Å². The molecule has 1 aromatic heterocycles. The summed E-state index contributed by atoms with van der Waals surface area (Å²) < 4.78 is 33.3. The van der Waals surface area contributed by atoms with E-state index in [2.05, 4.69) is 33.7 Å². The molecule has 2 aromatic rings. The third-order valence-corrected chi connectivity index (χ3v) is 5.65. The predicted molar refractivity (Wildman–Crippen MR) is 108 cm³/mol. The lowest BCUT2D eigenvalue weighted by atomic mass is 10.1. The lowest BCUT2D eigenvalue weighted by Crippen LogP contribution is -2.26.